The van der Waals surface area contributed by atoms with Crippen molar-refractivity contribution in [3.05, 3.63) is 23.8 Å². The van der Waals surface area contributed by atoms with Gasteiger partial charge in [-0.15, -0.1) is 0 Å². The molecule has 1 rings (SSSR count). The number of carbonyl (C=O) groups excluding carboxylic acids is 2. The summed E-state index contributed by atoms with van der Waals surface area (Å²) in [6, 6.07) is 5.58. The van der Waals surface area contributed by atoms with Gasteiger partial charge < -0.3 is 9.47 Å². The lowest BCUT2D eigenvalue weighted by atomic mass is 10.1. The molecular weight excluding hydrogens is 364 g/mol. The van der Waals surface area contributed by atoms with Crippen molar-refractivity contribution >= 4 is 11.9 Å². The number of aryl methyl sites for hydroxylation is 1. The highest BCUT2D eigenvalue weighted by Gasteiger charge is 2.15. The van der Waals surface area contributed by atoms with E-state index < -0.39 is 0 Å². The maximum Gasteiger partial charge on any atom is 0.311 e. The van der Waals surface area contributed by atoms with Crippen molar-refractivity contribution in [3.8, 4) is 11.5 Å². The summed E-state index contributed by atoms with van der Waals surface area (Å²) >= 11 is 0. The Morgan fingerprint density at radius 3 is 1.86 bits per heavy atom. The highest BCUT2D eigenvalue weighted by molar-refractivity contribution is 5.76. The van der Waals surface area contributed by atoms with Gasteiger partial charge in [-0.2, -0.15) is 0 Å². The molecule has 0 unspecified atom stereocenters. The molecule has 0 aliphatic rings. The van der Waals surface area contributed by atoms with Crippen LogP contribution in [0.5, 0.6) is 11.5 Å². The SMILES string of the molecule is CCCCCc1ccc(OC(=O)CCCC(C)C)c(OC(=O)CCCC(C)C)c1. The quantitative estimate of drug-likeness (QED) is 0.193. The highest BCUT2D eigenvalue weighted by atomic mass is 16.6. The minimum atomic E-state index is -0.276. The number of rotatable bonds is 14. The van der Waals surface area contributed by atoms with Gasteiger partial charge in [-0.1, -0.05) is 66.4 Å². The van der Waals surface area contributed by atoms with E-state index in [9.17, 15) is 9.59 Å². The second-order valence-corrected chi connectivity index (χ2v) is 8.76. The summed E-state index contributed by atoms with van der Waals surface area (Å²) in [5.74, 6) is 1.29. The van der Waals surface area contributed by atoms with E-state index in [1.165, 1.54) is 0 Å². The fourth-order valence-corrected chi connectivity index (χ4v) is 3.11. The molecule has 1 aromatic carbocycles. The molecule has 0 aliphatic carbocycles. The Hall–Kier alpha value is -1.84. The van der Waals surface area contributed by atoms with Gasteiger partial charge in [-0.3, -0.25) is 9.59 Å². The second kappa shape index (κ2) is 14.2. The number of hydrogen-bond donors (Lipinski definition) is 0. The van der Waals surface area contributed by atoms with Crippen molar-refractivity contribution in [2.24, 2.45) is 11.8 Å². The zero-order valence-corrected chi connectivity index (χ0v) is 19.1. The van der Waals surface area contributed by atoms with Crippen molar-refractivity contribution in [3.63, 3.8) is 0 Å². The fourth-order valence-electron chi connectivity index (χ4n) is 3.11. The molecule has 0 radical (unpaired) electrons. The molecule has 0 bridgehead atoms. The first-order valence-electron chi connectivity index (χ1n) is 11.4. The first-order valence-corrected chi connectivity index (χ1v) is 11.4. The van der Waals surface area contributed by atoms with Crippen LogP contribution >= 0.6 is 0 Å². The number of unbranched alkanes of at least 4 members (excludes halogenated alkanes) is 2. The molecule has 0 aliphatic heterocycles. The molecule has 164 valence electrons. The smallest absolute Gasteiger partial charge is 0.311 e. The zero-order valence-electron chi connectivity index (χ0n) is 19.1. The summed E-state index contributed by atoms with van der Waals surface area (Å²) < 4.78 is 11.1. The summed E-state index contributed by atoms with van der Waals surface area (Å²) in [6.07, 6.45) is 8.67. The van der Waals surface area contributed by atoms with E-state index in [1.54, 1.807) is 6.07 Å². The number of benzene rings is 1. The standard InChI is InChI=1S/C25H40O4/c1-6-7-8-13-21-16-17-22(28-24(26)14-9-11-19(2)3)23(18-21)29-25(27)15-10-12-20(4)5/h16-20H,6-15H2,1-5H3. The van der Waals surface area contributed by atoms with Crippen LogP contribution in [0.3, 0.4) is 0 Å². The largest absolute Gasteiger partial charge is 0.423 e. The summed E-state index contributed by atoms with van der Waals surface area (Å²) in [5.41, 5.74) is 1.10. The minimum Gasteiger partial charge on any atom is -0.423 e. The zero-order chi connectivity index (χ0) is 21.6. The third-order valence-electron chi connectivity index (χ3n) is 4.85. The average Bonchev–Trinajstić information content (AvgIpc) is 2.63. The fraction of sp³-hybridized carbons (Fsp3) is 0.680. The van der Waals surface area contributed by atoms with Crippen molar-refractivity contribution in [2.75, 3.05) is 0 Å². The lowest BCUT2D eigenvalue weighted by Crippen LogP contribution is -2.12. The predicted octanol–water partition coefficient (Wildman–Crippen LogP) is 6.88. The van der Waals surface area contributed by atoms with Crippen LogP contribution in [0, 0.1) is 11.8 Å². The Labute approximate surface area is 177 Å². The minimum absolute atomic E-state index is 0.270. The van der Waals surface area contributed by atoms with E-state index in [0.717, 1.165) is 56.9 Å². The van der Waals surface area contributed by atoms with Gasteiger partial charge in [0.2, 0.25) is 0 Å². The van der Waals surface area contributed by atoms with Crippen LogP contribution in [0.25, 0.3) is 0 Å². The second-order valence-electron chi connectivity index (χ2n) is 8.76. The number of esters is 2. The van der Waals surface area contributed by atoms with Crippen LogP contribution in [0.4, 0.5) is 0 Å². The molecule has 0 N–H and O–H groups in total. The predicted molar refractivity (Wildman–Crippen MR) is 118 cm³/mol. The van der Waals surface area contributed by atoms with Gasteiger partial charge in [0.25, 0.3) is 0 Å². The molecule has 0 aromatic heterocycles. The highest BCUT2D eigenvalue weighted by Crippen LogP contribution is 2.30. The normalized spacial score (nSPS) is 11.1. The van der Waals surface area contributed by atoms with Crippen LogP contribution in [-0.4, -0.2) is 11.9 Å². The van der Waals surface area contributed by atoms with E-state index in [2.05, 4.69) is 34.6 Å². The van der Waals surface area contributed by atoms with Gasteiger partial charge in [0, 0.05) is 12.8 Å². The Balaban J connectivity index is 2.78. The maximum absolute atomic E-state index is 12.3. The van der Waals surface area contributed by atoms with Crippen molar-refractivity contribution in [2.45, 2.75) is 98.8 Å². The van der Waals surface area contributed by atoms with Gasteiger partial charge in [-0.05, 0) is 55.2 Å². The van der Waals surface area contributed by atoms with Gasteiger partial charge in [0.05, 0.1) is 0 Å². The summed E-state index contributed by atoms with van der Waals surface area (Å²) in [7, 11) is 0. The van der Waals surface area contributed by atoms with Crippen LogP contribution in [-0.2, 0) is 16.0 Å². The molecule has 0 amide bonds. The van der Waals surface area contributed by atoms with Crippen molar-refractivity contribution in [1.29, 1.82) is 0 Å². The van der Waals surface area contributed by atoms with Gasteiger partial charge in [-0.25, -0.2) is 0 Å². The number of hydrogen-bond acceptors (Lipinski definition) is 4. The van der Waals surface area contributed by atoms with Gasteiger partial charge in [0.1, 0.15) is 0 Å². The van der Waals surface area contributed by atoms with Crippen molar-refractivity contribution in [1.82, 2.24) is 0 Å². The number of ether oxygens (including phenoxy) is 2. The summed E-state index contributed by atoms with van der Waals surface area (Å²) in [6.45, 7) is 10.7. The molecule has 0 spiro atoms. The Morgan fingerprint density at radius 2 is 1.34 bits per heavy atom. The molecule has 0 atom stereocenters. The van der Waals surface area contributed by atoms with E-state index in [0.29, 0.717) is 36.2 Å². The van der Waals surface area contributed by atoms with Gasteiger partial charge >= 0.3 is 11.9 Å². The third kappa shape index (κ3) is 11.7. The Morgan fingerprint density at radius 1 is 0.793 bits per heavy atom. The Kier molecular flexibility index (Phi) is 12.3. The average molecular weight is 405 g/mol. The van der Waals surface area contributed by atoms with Crippen LogP contribution in [0.2, 0.25) is 0 Å². The van der Waals surface area contributed by atoms with Gasteiger partial charge in [0.15, 0.2) is 11.5 Å². The third-order valence-corrected chi connectivity index (χ3v) is 4.85. The number of carbonyl (C=O) groups is 2. The van der Waals surface area contributed by atoms with E-state index in [4.69, 9.17) is 9.47 Å². The Bertz CT molecular complexity index is 619. The van der Waals surface area contributed by atoms with Crippen LogP contribution < -0.4 is 9.47 Å². The molecule has 29 heavy (non-hydrogen) atoms. The summed E-state index contributed by atoms with van der Waals surface area (Å²) in [5, 5.41) is 0. The first-order chi connectivity index (χ1) is 13.8. The molecule has 0 saturated heterocycles. The van der Waals surface area contributed by atoms with Crippen LogP contribution in [0.1, 0.15) is 98.0 Å². The molecule has 4 heteroatoms. The molecule has 1 aromatic rings. The van der Waals surface area contributed by atoms with E-state index >= 15 is 0 Å². The first kappa shape index (κ1) is 25.2. The maximum atomic E-state index is 12.3. The molecular formula is C25H40O4. The van der Waals surface area contributed by atoms with E-state index in [-0.39, 0.29) is 11.9 Å². The van der Waals surface area contributed by atoms with Crippen LogP contribution in [0.15, 0.2) is 18.2 Å². The molecule has 0 fully saturated rings. The monoisotopic (exact) mass is 404 g/mol. The molecule has 0 saturated carbocycles. The molecule has 4 nitrogen and oxygen atoms in total. The van der Waals surface area contributed by atoms with Crippen molar-refractivity contribution < 1.29 is 19.1 Å². The lowest BCUT2D eigenvalue weighted by molar-refractivity contribution is -0.137. The summed E-state index contributed by atoms with van der Waals surface area (Å²) in [4.78, 5) is 24.5. The lowest BCUT2D eigenvalue weighted by Gasteiger charge is -2.13. The molecule has 0 heterocycles. The van der Waals surface area contributed by atoms with E-state index in [1.807, 2.05) is 12.1 Å². The topological polar surface area (TPSA) is 52.6 Å².